The van der Waals surface area contributed by atoms with Gasteiger partial charge in [-0.05, 0) is 31.0 Å². The summed E-state index contributed by atoms with van der Waals surface area (Å²) in [6.45, 7) is 3.94. The summed E-state index contributed by atoms with van der Waals surface area (Å²) in [7, 11) is 1.65. The number of amides is 2. The molecule has 0 heterocycles. The van der Waals surface area contributed by atoms with Gasteiger partial charge >= 0.3 is 12.0 Å². The van der Waals surface area contributed by atoms with Crippen molar-refractivity contribution in [1.29, 1.82) is 0 Å². The normalized spacial score (nSPS) is 10.4. The Morgan fingerprint density at radius 1 is 1.35 bits per heavy atom. The average Bonchev–Trinajstić information content (AvgIpc) is 2.41. The quantitative estimate of drug-likeness (QED) is 0.871. The fourth-order valence-corrected chi connectivity index (χ4v) is 1.96. The molecule has 110 valence electrons. The molecular formula is C14H19FN2O3. The van der Waals surface area contributed by atoms with E-state index in [9.17, 15) is 14.0 Å². The van der Waals surface area contributed by atoms with Crippen LogP contribution in [0.5, 0.6) is 0 Å². The monoisotopic (exact) mass is 282 g/mol. The molecule has 5 nitrogen and oxygen atoms in total. The number of carboxylic acids is 1. The van der Waals surface area contributed by atoms with Crippen molar-refractivity contribution in [3.63, 3.8) is 0 Å². The Bertz CT molecular complexity index is 501. The van der Waals surface area contributed by atoms with Gasteiger partial charge in [0, 0.05) is 13.1 Å². The molecule has 0 radical (unpaired) electrons. The van der Waals surface area contributed by atoms with Gasteiger partial charge in [0.15, 0.2) is 0 Å². The summed E-state index contributed by atoms with van der Waals surface area (Å²) in [5, 5.41) is 11.2. The number of benzene rings is 1. The highest BCUT2D eigenvalue weighted by atomic mass is 19.1. The Hall–Kier alpha value is -2.11. The molecule has 0 fully saturated rings. The van der Waals surface area contributed by atoms with Crippen LogP contribution in [0, 0.1) is 5.82 Å². The molecular weight excluding hydrogens is 263 g/mol. The van der Waals surface area contributed by atoms with Crippen molar-refractivity contribution in [2.24, 2.45) is 0 Å². The van der Waals surface area contributed by atoms with Gasteiger partial charge in [-0.1, -0.05) is 13.8 Å². The zero-order valence-electron chi connectivity index (χ0n) is 11.8. The summed E-state index contributed by atoms with van der Waals surface area (Å²) in [5.41, 5.74) is -0.188. The number of urea groups is 1. The van der Waals surface area contributed by atoms with E-state index in [0.29, 0.717) is 0 Å². The highest BCUT2D eigenvalue weighted by Gasteiger charge is 2.18. The SMILES string of the molecule is CCC(CC)N(C)C(=O)Nc1ccc(C(=O)O)cc1F. The van der Waals surface area contributed by atoms with Crippen LogP contribution in [0.15, 0.2) is 18.2 Å². The Morgan fingerprint density at radius 2 is 1.95 bits per heavy atom. The van der Waals surface area contributed by atoms with E-state index in [1.807, 2.05) is 13.8 Å². The molecule has 6 heteroatoms. The Kier molecular flexibility index (Phi) is 5.49. The molecule has 1 aromatic rings. The van der Waals surface area contributed by atoms with Crippen molar-refractivity contribution in [1.82, 2.24) is 4.90 Å². The van der Waals surface area contributed by atoms with Gasteiger partial charge in [-0.3, -0.25) is 0 Å². The fourth-order valence-electron chi connectivity index (χ4n) is 1.96. The van der Waals surface area contributed by atoms with Crippen LogP contribution < -0.4 is 5.32 Å². The minimum absolute atomic E-state index is 0.0298. The Labute approximate surface area is 117 Å². The van der Waals surface area contributed by atoms with Crippen LogP contribution in [0.3, 0.4) is 0 Å². The first-order chi connectivity index (χ1) is 9.40. The molecule has 0 aliphatic heterocycles. The number of rotatable bonds is 5. The first kappa shape index (κ1) is 15.9. The molecule has 2 amide bonds. The van der Waals surface area contributed by atoms with Crippen molar-refractivity contribution >= 4 is 17.7 Å². The second kappa shape index (κ2) is 6.88. The van der Waals surface area contributed by atoms with Crippen molar-refractivity contribution < 1.29 is 19.1 Å². The third-order valence-corrected chi connectivity index (χ3v) is 3.27. The lowest BCUT2D eigenvalue weighted by molar-refractivity contribution is 0.0696. The number of nitrogens with one attached hydrogen (secondary N) is 1. The first-order valence-electron chi connectivity index (χ1n) is 6.47. The summed E-state index contributed by atoms with van der Waals surface area (Å²) >= 11 is 0. The summed E-state index contributed by atoms with van der Waals surface area (Å²) in [4.78, 5) is 24.2. The van der Waals surface area contributed by atoms with Crippen LogP contribution in [0.25, 0.3) is 0 Å². The number of anilines is 1. The zero-order valence-corrected chi connectivity index (χ0v) is 11.8. The number of aromatic carboxylic acids is 1. The number of carbonyl (C=O) groups is 2. The van der Waals surface area contributed by atoms with E-state index in [2.05, 4.69) is 5.32 Å². The van der Waals surface area contributed by atoms with Crippen LogP contribution in [0.2, 0.25) is 0 Å². The molecule has 0 spiro atoms. The topological polar surface area (TPSA) is 69.6 Å². The molecule has 0 atom stereocenters. The van der Waals surface area contributed by atoms with E-state index in [0.717, 1.165) is 18.9 Å². The maximum atomic E-state index is 13.7. The largest absolute Gasteiger partial charge is 0.478 e. The van der Waals surface area contributed by atoms with Crippen LogP contribution in [-0.4, -0.2) is 35.1 Å². The van der Waals surface area contributed by atoms with Crippen LogP contribution in [0.1, 0.15) is 37.0 Å². The van der Waals surface area contributed by atoms with Crippen molar-refractivity contribution in [2.45, 2.75) is 32.7 Å². The molecule has 1 aromatic carbocycles. The van der Waals surface area contributed by atoms with Crippen LogP contribution in [-0.2, 0) is 0 Å². The van der Waals surface area contributed by atoms with E-state index in [4.69, 9.17) is 5.11 Å². The molecule has 0 aliphatic rings. The minimum atomic E-state index is -1.21. The standard InChI is InChI=1S/C14H19FN2O3/c1-4-10(5-2)17(3)14(20)16-12-7-6-9(13(18)19)8-11(12)15/h6-8,10H,4-5H2,1-3H3,(H,16,20)(H,18,19). The molecule has 0 aliphatic carbocycles. The second-order valence-electron chi connectivity index (χ2n) is 4.51. The number of hydrogen-bond donors (Lipinski definition) is 2. The van der Waals surface area contributed by atoms with Crippen molar-refractivity contribution in [3.05, 3.63) is 29.6 Å². The number of carboxylic acid groups (broad SMARTS) is 1. The van der Waals surface area contributed by atoms with E-state index < -0.39 is 17.8 Å². The number of carbonyl (C=O) groups excluding carboxylic acids is 1. The van der Waals surface area contributed by atoms with Crippen LogP contribution >= 0.6 is 0 Å². The molecule has 0 saturated heterocycles. The smallest absolute Gasteiger partial charge is 0.335 e. The van der Waals surface area contributed by atoms with E-state index in [1.54, 1.807) is 7.05 Å². The summed E-state index contributed by atoms with van der Waals surface area (Å²) in [5.74, 6) is -1.98. The molecule has 0 bridgehead atoms. The second-order valence-corrected chi connectivity index (χ2v) is 4.51. The van der Waals surface area contributed by atoms with Gasteiger partial charge in [-0.2, -0.15) is 0 Å². The lowest BCUT2D eigenvalue weighted by atomic mass is 10.1. The van der Waals surface area contributed by atoms with Gasteiger partial charge < -0.3 is 15.3 Å². The Morgan fingerprint density at radius 3 is 2.40 bits per heavy atom. The van der Waals surface area contributed by atoms with Gasteiger partial charge in [0.25, 0.3) is 0 Å². The zero-order chi connectivity index (χ0) is 15.3. The maximum Gasteiger partial charge on any atom is 0.335 e. The van der Waals surface area contributed by atoms with Gasteiger partial charge in [0.1, 0.15) is 5.82 Å². The van der Waals surface area contributed by atoms with Crippen LogP contribution in [0.4, 0.5) is 14.9 Å². The highest BCUT2D eigenvalue weighted by Crippen LogP contribution is 2.17. The molecule has 0 aromatic heterocycles. The predicted octanol–water partition coefficient (Wildman–Crippen LogP) is 3.18. The molecule has 1 rings (SSSR count). The predicted molar refractivity (Wildman–Crippen MR) is 74.5 cm³/mol. The van der Waals surface area contributed by atoms with Crippen molar-refractivity contribution in [3.8, 4) is 0 Å². The van der Waals surface area contributed by atoms with Gasteiger partial charge in [0.05, 0.1) is 11.3 Å². The van der Waals surface area contributed by atoms with Crippen molar-refractivity contribution in [2.75, 3.05) is 12.4 Å². The summed E-state index contributed by atoms with van der Waals surface area (Å²) in [6, 6.07) is 3.04. The third-order valence-electron chi connectivity index (χ3n) is 3.27. The average molecular weight is 282 g/mol. The number of nitrogens with zero attached hydrogens (tertiary/aromatic N) is 1. The summed E-state index contributed by atoms with van der Waals surface area (Å²) < 4.78 is 13.7. The third kappa shape index (κ3) is 3.69. The number of halogens is 1. The first-order valence-corrected chi connectivity index (χ1v) is 6.47. The Balaban J connectivity index is 2.83. The van der Waals surface area contributed by atoms with E-state index in [1.165, 1.54) is 17.0 Å². The fraction of sp³-hybridized carbons (Fsp3) is 0.429. The maximum absolute atomic E-state index is 13.7. The molecule has 20 heavy (non-hydrogen) atoms. The van der Waals surface area contributed by atoms with E-state index >= 15 is 0 Å². The highest BCUT2D eigenvalue weighted by molar-refractivity contribution is 5.91. The molecule has 0 unspecified atom stereocenters. The molecule has 0 saturated carbocycles. The summed E-state index contributed by atoms with van der Waals surface area (Å²) in [6.07, 6.45) is 1.61. The minimum Gasteiger partial charge on any atom is -0.478 e. The van der Waals surface area contributed by atoms with Gasteiger partial charge in [-0.15, -0.1) is 0 Å². The van der Waals surface area contributed by atoms with Gasteiger partial charge in [0.2, 0.25) is 0 Å². The number of hydrogen-bond acceptors (Lipinski definition) is 2. The molecule has 2 N–H and O–H groups in total. The lowest BCUT2D eigenvalue weighted by Crippen LogP contribution is -2.39. The lowest BCUT2D eigenvalue weighted by Gasteiger charge is -2.26. The van der Waals surface area contributed by atoms with E-state index in [-0.39, 0.29) is 17.3 Å². The van der Waals surface area contributed by atoms with Gasteiger partial charge in [-0.25, -0.2) is 14.0 Å².